The molecule has 0 fully saturated rings. The van der Waals surface area contributed by atoms with Crippen LogP contribution in [0, 0.1) is 10.1 Å². The summed E-state index contributed by atoms with van der Waals surface area (Å²) >= 11 is 0. The fraction of sp³-hybridized carbons (Fsp3) is 0. The molecule has 0 radical (unpaired) electrons. The van der Waals surface area contributed by atoms with Gasteiger partial charge in [0.1, 0.15) is 5.82 Å². The smallest absolute Gasteiger partial charge is 0.311 e. The van der Waals surface area contributed by atoms with Crippen LogP contribution in [0.4, 0.5) is 17.3 Å². The molecule has 1 heterocycles. The molecule has 8 nitrogen and oxygen atoms in total. The van der Waals surface area contributed by atoms with Crippen LogP contribution in [0.2, 0.25) is 0 Å². The van der Waals surface area contributed by atoms with Gasteiger partial charge in [0.05, 0.1) is 4.92 Å². The molecule has 0 aliphatic carbocycles. The van der Waals surface area contributed by atoms with E-state index in [2.05, 4.69) is 15.0 Å². The molecule has 0 unspecified atom stereocenters. The first-order chi connectivity index (χ1) is 6.15. The largest absolute Gasteiger partial charge is 0.378 e. The number of hydrogen-bond donors (Lipinski definition) is 1. The molecule has 0 aromatic carbocycles. The topological polar surface area (TPSA) is 131 Å². The Bertz CT molecular complexity index is 396. The molecule has 0 saturated carbocycles. The highest BCUT2D eigenvalue weighted by molar-refractivity contribution is 5.55. The summed E-state index contributed by atoms with van der Waals surface area (Å²) < 4.78 is 0. The van der Waals surface area contributed by atoms with E-state index in [1.54, 1.807) is 0 Å². The van der Waals surface area contributed by atoms with Gasteiger partial charge in [-0.15, -0.1) is 0 Å². The van der Waals surface area contributed by atoms with Gasteiger partial charge in [0.25, 0.3) is 0 Å². The fourth-order valence-corrected chi connectivity index (χ4v) is 0.713. The SMILES string of the molecule is [N-]=[N+]=Nc1ccc([N+](=O)[O-])c(N)n1. The van der Waals surface area contributed by atoms with Crippen LogP contribution >= 0.6 is 0 Å². The number of hydrogen-bond acceptors (Lipinski definition) is 5. The summed E-state index contributed by atoms with van der Waals surface area (Å²) in [6, 6.07) is 2.35. The van der Waals surface area contributed by atoms with Crippen molar-refractivity contribution in [3.05, 3.63) is 32.7 Å². The van der Waals surface area contributed by atoms with Crippen molar-refractivity contribution in [3.63, 3.8) is 0 Å². The average molecular weight is 180 g/mol. The maximum atomic E-state index is 10.3. The van der Waals surface area contributed by atoms with Crippen molar-refractivity contribution in [2.45, 2.75) is 0 Å². The lowest BCUT2D eigenvalue weighted by Gasteiger charge is -1.95. The van der Waals surface area contributed by atoms with E-state index < -0.39 is 4.92 Å². The van der Waals surface area contributed by atoms with Gasteiger partial charge >= 0.3 is 5.69 Å². The molecule has 1 rings (SSSR count). The van der Waals surface area contributed by atoms with Gasteiger partial charge in [0, 0.05) is 11.0 Å². The highest BCUT2D eigenvalue weighted by Crippen LogP contribution is 2.21. The molecule has 0 atom stereocenters. The van der Waals surface area contributed by atoms with Crippen LogP contribution in [-0.2, 0) is 0 Å². The van der Waals surface area contributed by atoms with Gasteiger partial charge in [-0.05, 0) is 16.7 Å². The summed E-state index contributed by atoms with van der Waals surface area (Å²) in [4.78, 5) is 15.6. The Morgan fingerprint density at radius 1 is 1.69 bits per heavy atom. The number of nitro groups is 1. The first kappa shape index (κ1) is 8.75. The number of anilines is 1. The van der Waals surface area contributed by atoms with Crippen molar-refractivity contribution in [2.75, 3.05) is 5.73 Å². The average Bonchev–Trinajstić information content (AvgIpc) is 2.04. The Morgan fingerprint density at radius 3 is 2.85 bits per heavy atom. The van der Waals surface area contributed by atoms with Gasteiger partial charge in [-0.2, -0.15) is 0 Å². The highest BCUT2D eigenvalue weighted by Gasteiger charge is 2.11. The molecule has 0 saturated heterocycles. The van der Waals surface area contributed by atoms with E-state index in [1.165, 1.54) is 6.07 Å². The molecule has 0 spiro atoms. The number of aromatic nitrogens is 1. The molecule has 8 heteroatoms. The Hall–Kier alpha value is -2.34. The van der Waals surface area contributed by atoms with Gasteiger partial charge < -0.3 is 5.73 Å². The van der Waals surface area contributed by atoms with Gasteiger partial charge in [-0.1, -0.05) is 0 Å². The summed E-state index contributed by atoms with van der Waals surface area (Å²) in [6.07, 6.45) is 0. The third-order valence-corrected chi connectivity index (χ3v) is 1.23. The second-order valence-corrected chi connectivity index (χ2v) is 2.02. The Kier molecular flexibility index (Phi) is 2.27. The Balaban J connectivity index is 3.19. The minimum atomic E-state index is -0.664. The van der Waals surface area contributed by atoms with Crippen molar-refractivity contribution in [2.24, 2.45) is 5.11 Å². The Labute approximate surface area is 71.8 Å². The first-order valence-corrected chi connectivity index (χ1v) is 3.11. The molecular weight excluding hydrogens is 176 g/mol. The van der Waals surface area contributed by atoms with Crippen molar-refractivity contribution < 1.29 is 4.92 Å². The van der Waals surface area contributed by atoms with Crippen LogP contribution < -0.4 is 5.73 Å². The van der Waals surface area contributed by atoms with Crippen LogP contribution in [0.15, 0.2) is 17.2 Å². The zero-order chi connectivity index (χ0) is 9.84. The minimum Gasteiger partial charge on any atom is -0.378 e. The summed E-state index contributed by atoms with van der Waals surface area (Å²) in [5, 5.41) is 13.4. The predicted molar refractivity (Wildman–Crippen MR) is 44.1 cm³/mol. The number of pyridine rings is 1. The second-order valence-electron chi connectivity index (χ2n) is 2.02. The molecule has 0 bridgehead atoms. The maximum absolute atomic E-state index is 10.3. The molecule has 0 aliphatic rings. The van der Waals surface area contributed by atoms with E-state index in [-0.39, 0.29) is 17.3 Å². The van der Waals surface area contributed by atoms with E-state index in [1.807, 2.05) is 0 Å². The molecule has 1 aromatic rings. The number of rotatable bonds is 2. The van der Waals surface area contributed by atoms with Crippen molar-refractivity contribution >= 4 is 17.3 Å². The zero-order valence-electron chi connectivity index (χ0n) is 6.28. The van der Waals surface area contributed by atoms with E-state index >= 15 is 0 Å². The summed E-state index contributed by atoms with van der Waals surface area (Å²) in [5.74, 6) is -0.263. The van der Waals surface area contributed by atoms with Gasteiger partial charge in [0.15, 0.2) is 0 Å². The van der Waals surface area contributed by atoms with Gasteiger partial charge in [0.2, 0.25) is 5.82 Å². The molecule has 1 aromatic heterocycles. The second kappa shape index (κ2) is 3.37. The molecule has 0 aliphatic heterocycles. The van der Waals surface area contributed by atoms with Crippen LogP contribution in [0.25, 0.3) is 10.4 Å². The molecule has 13 heavy (non-hydrogen) atoms. The standard InChI is InChI=1S/C5H4N6O2/c6-5-3(11(12)13)1-2-4(8-5)9-10-7/h1-2H,(H2,6,8). The lowest BCUT2D eigenvalue weighted by Crippen LogP contribution is -1.97. The van der Waals surface area contributed by atoms with E-state index in [0.29, 0.717) is 0 Å². The summed E-state index contributed by atoms with van der Waals surface area (Å²) in [6.45, 7) is 0. The first-order valence-electron chi connectivity index (χ1n) is 3.11. The monoisotopic (exact) mass is 180 g/mol. The fourth-order valence-electron chi connectivity index (χ4n) is 0.713. The van der Waals surface area contributed by atoms with E-state index in [9.17, 15) is 10.1 Å². The van der Waals surface area contributed by atoms with Gasteiger partial charge in [-0.25, -0.2) is 4.98 Å². The zero-order valence-corrected chi connectivity index (χ0v) is 6.28. The van der Waals surface area contributed by atoms with Crippen molar-refractivity contribution in [1.29, 1.82) is 0 Å². The minimum absolute atomic E-state index is 0.00519. The third-order valence-electron chi connectivity index (χ3n) is 1.23. The van der Waals surface area contributed by atoms with Crippen LogP contribution in [0.3, 0.4) is 0 Å². The van der Waals surface area contributed by atoms with Crippen LogP contribution in [0.5, 0.6) is 0 Å². The number of nitrogens with two attached hydrogens (primary N) is 1. The molecular formula is C5H4N6O2. The van der Waals surface area contributed by atoms with Crippen molar-refractivity contribution in [3.8, 4) is 0 Å². The highest BCUT2D eigenvalue weighted by atomic mass is 16.6. The maximum Gasteiger partial charge on any atom is 0.311 e. The number of nitrogen functional groups attached to an aromatic ring is 1. The molecule has 0 amide bonds. The Morgan fingerprint density at radius 2 is 2.38 bits per heavy atom. The number of azide groups is 1. The third kappa shape index (κ3) is 1.82. The number of nitrogens with zero attached hydrogens (tertiary/aromatic N) is 5. The van der Waals surface area contributed by atoms with E-state index in [4.69, 9.17) is 11.3 Å². The van der Waals surface area contributed by atoms with E-state index in [0.717, 1.165) is 6.07 Å². The molecule has 66 valence electrons. The molecule has 2 N–H and O–H groups in total. The normalized spacial score (nSPS) is 8.92. The van der Waals surface area contributed by atoms with Gasteiger partial charge in [-0.3, -0.25) is 10.1 Å². The van der Waals surface area contributed by atoms with Crippen LogP contribution in [-0.4, -0.2) is 9.91 Å². The lowest BCUT2D eigenvalue weighted by atomic mass is 10.4. The van der Waals surface area contributed by atoms with Crippen LogP contribution in [0.1, 0.15) is 0 Å². The lowest BCUT2D eigenvalue weighted by molar-refractivity contribution is -0.384. The van der Waals surface area contributed by atoms with Crippen molar-refractivity contribution in [1.82, 2.24) is 4.98 Å². The summed E-state index contributed by atoms with van der Waals surface area (Å²) in [7, 11) is 0. The quantitative estimate of drug-likeness (QED) is 0.243. The predicted octanol–water partition coefficient (Wildman–Crippen LogP) is 1.51. The summed E-state index contributed by atoms with van der Waals surface area (Å²) in [5.41, 5.74) is 12.9.